The number of carbonyl (C=O) groups excluding carboxylic acids is 1. The van der Waals surface area contributed by atoms with E-state index in [1.807, 2.05) is 25.2 Å². The summed E-state index contributed by atoms with van der Waals surface area (Å²) >= 11 is 0. The van der Waals surface area contributed by atoms with Crippen molar-refractivity contribution in [3.63, 3.8) is 0 Å². The molecule has 0 saturated carbocycles. The number of nitrogens with one attached hydrogen (secondary N) is 1. The molecule has 1 N–H and O–H groups in total. The number of anilines is 1. The maximum Gasteiger partial charge on any atom is 0.221 e. The van der Waals surface area contributed by atoms with E-state index < -0.39 is 0 Å². The van der Waals surface area contributed by atoms with Crippen LogP contribution in [-0.2, 0) is 23.1 Å². The Morgan fingerprint density at radius 3 is 2.86 bits per heavy atom. The van der Waals surface area contributed by atoms with Gasteiger partial charge in [-0.25, -0.2) is 4.98 Å². The highest BCUT2D eigenvalue weighted by molar-refractivity contribution is 5.91. The maximum absolute atomic E-state index is 11.1. The van der Waals surface area contributed by atoms with Gasteiger partial charge in [-0.1, -0.05) is 0 Å². The molecule has 1 aliphatic rings. The first-order valence-electron chi connectivity index (χ1n) is 7.16. The van der Waals surface area contributed by atoms with E-state index in [9.17, 15) is 4.79 Å². The summed E-state index contributed by atoms with van der Waals surface area (Å²) in [6, 6.07) is 5.82. The molecular weight excluding hydrogens is 268 g/mol. The van der Waals surface area contributed by atoms with Crippen molar-refractivity contribution in [2.24, 2.45) is 7.05 Å². The van der Waals surface area contributed by atoms with Crippen molar-refractivity contribution in [1.82, 2.24) is 14.5 Å². The van der Waals surface area contributed by atoms with Crippen LogP contribution < -0.4 is 5.32 Å². The minimum atomic E-state index is -0.0705. The second kappa shape index (κ2) is 5.83. The van der Waals surface area contributed by atoms with Gasteiger partial charge in [-0.2, -0.15) is 0 Å². The summed E-state index contributed by atoms with van der Waals surface area (Å²) in [5.74, 6) is 0.964. The maximum atomic E-state index is 11.1. The van der Waals surface area contributed by atoms with Crippen LogP contribution in [-0.4, -0.2) is 46.7 Å². The van der Waals surface area contributed by atoms with E-state index in [4.69, 9.17) is 9.72 Å². The molecule has 1 aliphatic heterocycles. The summed E-state index contributed by atoms with van der Waals surface area (Å²) in [6.07, 6.45) is 0. The average molecular weight is 288 g/mol. The minimum Gasteiger partial charge on any atom is -0.379 e. The number of hydrogen-bond acceptors (Lipinski definition) is 4. The molecule has 6 heteroatoms. The van der Waals surface area contributed by atoms with E-state index in [1.165, 1.54) is 6.92 Å². The standard InChI is InChI=1S/C15H20N4O2/c1-11(20)16-12-3-4-14-13(9-12)17-15(18(14)2)10-19-5-7-21-8-6-19/h3-4,9H,5-8,10H2,1-2H3,(H,16,20). The minimum absolute atomic E-state index is 0.0705. The number of fused-ring (bicyclic) bond motifs is 1. The molecule has 112 valence electrons. The highest BCUT2D eigenvalue weighted by Crippen LogP contribution is 2.20. The zero-order chi connectivity index (χ0) is 14.8. The lowest BCUT2D eigenvalue weighted by atomic mass is 10.2. The first kappa shape index (κ1) is 14.0. The summed E-state index contributed by atoms with van der Waals surface area (Å²) in [7, 11) is 2.03. The predicted octanol–water partition coefficient (Wildman–Crippen LogP) is 1.36. The molecule has 2 heterocycles. The Kier molecular flexibility index (Phi) is 3.90. The van der Waals surface area contributed by atoms with E-state index in [0.29, 0.717) is 0 Å². The Bertz CT molecular complexity index is 659. The van der Waals surface area contributed by atoms with Gasteiger partial charge in [0.1, 0.15) is 5.82 Å². The number of rotatable bonds is 3. The lowest BCUT2D eigenvalue weighted by Crippen LogP contribution is -2.36. The Hall–Kier alpha value is -1.92. The van der Waals surface area contributed by atoms with Crippen molar-refractivity contribution < 1.29 is 9.53 Å². The molecule has 3 rings (SSSR count). The van der Waals surface area contributed by atoms with Gasteiger partial charge in [0.15, 0.2) is 0 Å². The molecule has 0 aliphatic carbocycles. The number of amides is 1. The van der Waals surface area contributed by atoms with Gasteiger partial charge in [-0.15, -0.1) is 0 Å². The SMILES string of the molecule is CC(=O)Nc1ccc2c(c1)nc(CN1CCOCC1)n2C. The second-order valence-electron chi connectivity index (χ2n) is 5.36. The summed E-state index contributed by atoms with van der Waals surface area (Å²) in [5, 5.41) is 2.79. The fraction of sp³-hybridized carbons (Fsp3) is 0.467. The lowest BCUT2D eigenvalue weighted by Gasteiger charge is -2.26. The highest BCUT2D eigenvalue weighted by Gasteiger charge is 2.15. The van der Waals surface area contributed by atoms with Gasteiger partial charge in [0.2, 0.25) is 5.91 Å². The van der Waals surface area contributed by atoms with Gasteiger partial charge in [-0.3, -0.25) is 9.69 Å². The topological polar surface area (TPSA) is 59.4 Å². The third kappa shape index (κ3) is 3.06. The van der Waals surface area contributed by atoms with Crippen LogP contribution in [0, 0.1) is 0 Å². The number of ether oxygens (including phenoxy) is 1. The molecule has 0 spiro atoms. The van der Waals surface area contributed by atoms with Crippen molar-refractivity contribution in [3.8, 4) is 0 Å². The van der Waals surface area contributed by atoms with Gasteiger partial charge in [0.05, 0.1) is 30.8 Å². The van der Waals surface area contributed by atoms with E-state index in [2.05, 4.69) is 14.8 Å². The van der Waals surface area contributed by atoms with Gasteiger partial charge in [0, 0.05) is 32.7 Å². The molecule has 1 fully saturated rings. The molecule has 6 nitrogen and oxygen atoms in total. The van der Waals surface area contributed by atoms with E-state index in [1.54, 1.807) is 0 Å². The zero-order valence-corrected chi connectivity index (χ0v) is 12.4. The lowest BCUT2D eigenvalue weighted by molar-refractivity contribution is -0.114. The van der Waals surface area contributed by atoms with Crippen LogP contribution in [0.2, 0.25) is 0 Å². The summed E-state index contributed by atoms with van der Waals surface area (Å²) in [6.45, 7) is 5.80. The van der Waals surface area contributed by atoms with Crippen LogP contribution >= 0.6 is 0 Å². The molecule has 1 aromatic heterocycles. The third-order valence-electron chi connectivity index (χ3n) is 3.76. The monoisotopic (exact) mass is 288 g/mol. The smallest absolute Gasteiger partial charge is 0.221 e. The van der Waals surface area contributed by atoms with Gasteiger partial charge in [0.25, 0.3) is 0 Å². The summed E-state index contributed by atoms with van der Waals surface area (Å²) < 4.78 is 7.48. The molecule has 0 unspecified atom stereocenters. The summed E-state index contributed by atoms with van der Waals surface area (Å²) in [4.78, 5) is 18.2. The molecule has 0 radical (unpaired) electrons. The second-order valence-corrected chi connectivity index (χ2v) is 5.36. The Balaban J connectivity index is 1.85. The Morgan fingerprint density at radius 1 is 1.38 bits per heavy atom. The number of hydrogen-bond donors (Lipinski definition) is 1. The molecular formula is C15H20N4O2. The number of imidazole rings is 1. The predicted molar refractivity (Wildman–Crippen MR) is 81.1 cm³/mol. The molecule has 21 heavy (non-hydrogen) atoms. The van der Waals surface area contributed by atoms with E-state index >= 15 is 0 Å². The molecule has 0 atom stereocenters. The van der Waals surface area contributed by atoms with Crippen molar-refractivity contribution in [1.29, 1.82) is 0 Å². The van der Waals surface area contributed by atoms with Crippen molar-refractivity contribution >= 4 is 22.6 Å². The number of aromatic nitrogens is 2. The van der Waals surface area contributed by atoms with Crippen molar-refractivity contribution in [2.75, 3.05) is 31.6 Å². The molecule has 1 aromatic carbocycles. The van der Waals surface area contributed by atoms with Gasteiger partial charge in [-0.05, 0) is 18.2 Å². The van der Waals surface area contributed by atoms with Crippen LogP contribution in [0.4, 0.5) is 5.69 Å². The van der Waals surface area contributed by atoms with Crippen LogP contribution in [0.15, 0.2) is 18.2 Å². The van der Waals surface area contributed by atoms with Crippen LogP contribution in [0.5, 0.6) is 0 Å². The zero-order valence-electron chi connectivity index (χ0n) is 12.4. The molecule has 1 amide bonds. The molecule has 2 aromatic rings. The number of aryl methyl sites for hydroxylation is 1. The molecule has 0 bridgehead atoms. The normalized spacial score (nSPS) is 16.3. The van der Waals surface area contributed by atoms with Gasteiger partial charge >= 0.3 is 0 Å². The Morgan fingerprint density at radius 2 is 2.14 bits per heavy atom. The fourth-order valence-electron chi connectivity index (χ4n) is 2.63. The Labute approximate surface area is 123 Å². The largest absolute Gasteiger partial charge is 0.379 e. The average Bonchev–Trinajstić information content (AvgIpc) is 2.75. The third-order valence-corrected chi connectivity index (χ3v) is 3.76. The first-order chi connectivity index (χ1) is 10.1. The number of carbonyl (C=O) groups is 1. The van der Waals surface area contributed by atoms with Crippen molar-refractivity contribution in [3.05, 3.63) is 24.0 Å². The van der Waals surface area contributed by atoms with E-state index in [-0.39, 0.29) is 5.91 Å². The van der Waals surface area contributed by atoms with E-state index in [0.717, 1.165) is 55.4 Å². The van der Waals surface area contributed by atoms with Crippen LogP contribution in [0.1, 0.15) is 12.7 Å². The first-order valence-corrected chi connectivity index (χ1v) is 7.16. The van der Waals surface area contributed by atoms with Gasteiger partial charge < -0.3 is 14.6 Å². The molecule has 1 saturated heterocycles. The number of nitrogens with zero attached hydrogens (tertiary/aromatic N) is 3. The number of benzene rings is 1. The van der Waals surface area contributed by atoms with Crippen LogP contribution in [0.25, 0.3) is 11.0 Å². The highest BCUT2D eigenvalue weighted by atomic mass is 16.5. The summed E-state index contributed by atoms with van der Waals surface area (Å²) in [5.41, 5.74) is 2.77. The number of morpholine rings is 1. The quantitative estimate of drug-likeness (QED) is 0.926. The fourth-order valence-corrected chi connectivity index (χ4v) is 2.63. The van der Waals surface area contributed by atoms with Crippen LogP contribution in [0.3, 0.4) is 0 Å². The van der Waals surface area contributed by atoms with Crippen molar-refractivity contribution in [2.45, 2.75) is 13.5 Å².